The summed E-state index contributed by atoms with van der Waals surface area (Å²) in [6.45, 7) is 8.84. The van der Waals surface area contributed by atoms with Crippen molar-refractivity contribution in [2.75, 3.05) is 13.1 Å². The van der Waals surface area contributed by atoms with E-state index < -0.39 is 0 Å². The van der Waals surface area contributed by atoms with Crippen LogP contribution in [0.15, 0.2) is 18.2 Å². The lowest BCUT2D eigenvalue weighted by Crippen LogP contribution is -2.69. The maximum Gasteiger partial charge on any atom is 0.251 e. The molecule has 0 aliphatic carbocycles. The number of carbonyl (C=O) groups excluding carboxylic acids is 1. The summed E-state index contributed by atoms with van der Waals surface area (Å²) in [7, 11) is 0. The maximum absolute atomic E-state index is 12.8. The second-order valence-corrected chi connectivity index (χ2v) is 8.58. The Kier molecular flexibility index (Phi) is 3.46. The molecule has 0 spiro atoms. The Morgan fingerprint density at radius 1 is 1.35 bits per heavy atom. The molecule has 3 aliphatic heterocycles. The number of hydrogen-bond donors (Lipinski definition) is 1. The molecule has 122 valence electrons. The lowest BCUT2D eigenvalue weighted by molar-refractivity contribution is -0.0378. The van der Waals surface area contributed by atoms with Gasteiger partial charge in [-0.1, -0.05) is 0 Å². The zero-order chi connectivity index (χ0) is 16.2. The highest BCUT2D eigenvalue weighted by Gasteiger charge is 2.48. The molecule has 3 fully saturated rings. The van der Waals surface area contributed by atoms with Gasteiger partial charge in [0, 0.05) is 17.1 Å². The van der Waals surface area contributed by atoms with Gasteiger partial charge in [-0.2, -0.15) is 0 Å². The third-order valence-corrected chi connectivity index (χ3v) is 6.58. The number of benzene rings is 1. The molecular weight excluding hydrogens is 306 g/mol. The molecule has 1 aromatic heterocycles. The standard InChI is InChI=1S/C18H23N3OS/c1-11-19-14-10-13(4-5-15(14)23-11)17(22)20-16-12-6-8-21(9-7-12)18(16,2)3/h4-5,10,12,16H,6-9H2,1-3H3,(H,20,22)/t16-/m1/s1. The van der Waals surface area contributed by atoms with Gasteiger partial charge in [0.2, 0.25) is 0 Å². The SMILES string of the molecule is Cc1nc2cc(C(=O)N[C@@H]3C4CCN(CC4)C3(C)C)ccc2s1. The fourth-order valence-electron chi connectivity index (χ4n) is 4.29. The van der Waals surface area contributed by atoms with Crippen molar-refractivity contribution in [1.29, 1.82) is 0 Å². The van der Waals surface area contributed by atoms with Gasteiger partial charge < -0.3 is 5.32 Å². The molecule has 4 nitrogen and oxygen atoms in total. The van der Waals surface area contributed by atoms with E-state index in [1.165, 1.54) is 12.8 Å². The highest BCUT2D eigenvalue weighted by atomic mass is 32.1. The predicted octanol–water partition coefficient (Wildman–Crippen LogP) is 3.21. The average molecular weight is 329 g/mol. The lowest BCUT2D eigenvalue weighted by atomic mass is 9.72. The molecule has 1 N–H and O–H groups in total. The van der Waals surface area contributed by atoms with Gasteiger partial charge in [-0.05, 0) is 70.8 Å². The van der Waals surface area contributed by atoms with Crippen LogP contribution >= 0.6 is 11.3 Å². The number of nitrogens with one attached hydrogen (secondary N) is 1. The van der Waals surface area contributed by atoms with Crippen molar-refractivity contribution < 1.29 is 4.79 Å². The van der Waals surface area contributed by atoms with Crippen LogP contribution in [0.2, 0.25) is 0 Å². The van der Waals surface area contributed by atoms with E-state index >= 15 is 0 Å². The van der Waals surface area contributed by atoms with Crippen molar-refractivity contribution in [3.05, 3.63) is 28.8 Å². The number of carbonyl (C=O) groups is 1. The first-order valence-corrected chi connectivity index (χ1v) is 9.20. The number of nitrogens with zero attached hydrogens (tertiary/aromatic N) is 2. The topological polar surface area (TPSA) is 45.2 Å². The van der Waals surface area contributed by atoms with E-state index in [-0.39, 0.29) is 17.5 Å². The van der Waals surface area contributed by atoms with Gasteiger partial charge >= 0.3 is 0 Å². The van der Waals surface area contributed by atoms with E-state index in [1.54, 1.807) is 11.3 Å². The van der Waals surface area contributed by atoms with Crippen molar-refractivity contribution in [3.63, 3.8) is 0 Å². The predicted molar refractivity (Wildman–Crippen MR) is 94.0 cm³/mol. The molecule has 2 bridgehead atoms. The van der Waals surface area contributed by atoms with E-state index in [0.717, 1.165) is 33.9 Å². The third kappa shape index (κ3) is 2.46. The first-order chi connectivity index (χ1) is 10.9. The van der Waals surface area contributed by atoms with Crippen molar-refractivity contribution in [3.8, 4) is 0 Å². The normalized spacial score (nSPS) is 28.9. The van der Waals surface area contributed by atoms with Gasteiger partial charge in [-0.25, -0.2) is 4.98 Å². The van der Waals surface area contributed by atoms with Gasteiger partial charge in [0.25, 0.3) is 5.91 Å². The van der Waals surface area contributed by atoms with Crippen molar-refractivity contribution >= 4 is 27.5 Å². The van der Waals surface area contributed by atoms with E-state index in [4.69, 9.17) is 0 Å². The van der Waals surface area contributed by atoms with Crippen LogP contribution in [0.1, 0.15) is 42.1 Å². The first kappa shape index (κ1) is 15.1. The minimum Gasteiger partial charge on any atom is -0.347 e. The van der Waals surface area contributed by atoms with Crippen LogP contribution < -0.4 is 5.32 Å². The zero-order valence-electron chi connectivity index (χ0n) is 13.9. The molecule has 0 unspecified atom stereocenters. The molecule has 3 saturated heterocycles. The molecule has 23 heavy (non-hydrogen) atoms. The minimum atomic E-state index is 0.0318. The van der Waals surface area contributed by atoms with E-state index in [9.17, 15) is 4.79 Å². The molecule has 0 radical (unpaired) electrons. The molecule has 4 heterocycles. The summed E-state index contributed by atoms with van der Waals surface area (Å²) >= 11 is 1.67. The Bertz CT molecular complexity index is 759. The number of piperidine rings is 3. The summed E-state index contributed by atoms with van der Waals surface area (Å²) in [5, 5.41) is 4.36. The molecule has 5 rings (SSSR count). The van der Waals surface area contributed by atoms with Crippen LogP contribution in [-0.2, 0) is 0 Å². The Morgan fingerprint density at radius 3 is 2.78 bits per heavy atom. The molecule has 2 aromatic rings. The van der Waals surface area contributed by atoms with Gasteiger partial charge in [-0.15, -0.1) is 11.3 Å². The number of aryl methyl sites for hydroxylation is 1. The van der Waals surface area contributed by atoms with Crippen molar-refractivity contribution in [2.45, 2.75) is 45.2 Å². The van der Waals surface area contributed by atoms with Gasteiger partial charge in [0.15, 0.2) is 0 Å². The summed E-state index contributed by atoms with van der Waals surface area (Å²) in [4.78, 5) is 19.8. The highest BCUT2D eigenvalue weighted by Crippen LogP contribution is 2.39. The molecule has 5 heteroatoms. The van der Waals surface area contributed by atoms with E-state index in [1.807, 2.05) is 25.1 Å². The Hall–Kier alpha value is -1.46. The van der Waals surface area contributed by atoms with E-state index in [0.29, 0.717) is 5.92 Å². The smallest absolute Gasteiger partial charge is 0.251 e. The highest BCUT2D eigenvalue weighted by molar-refractivity contribution is 7.18. The fourth-order valence-corrected chi connectivity index (χ4v) is 5.09. The Labute approximate surface area is 140 Å². The number of aromatic nitrogens is 1. The number of hydrogen-bond acceptors (Lipinski definition) is 4. The summed E-state index contributed by atoms with van der Waals surface area (Å²) < 4.78 is 1.14. The molecule has 1 amide bonds. The summed E-state index contributed by atoms with van der Waals surface area (Å²) in [6.07, 6.45) is 2.39. The zero-order valence-corrected chi connectivity index (χ0v) is 14.7. The van der Waals surface area contributed by atoms with Gasteiger partial charge in [-0.3, -0.25) is 9.69 Å². The Balaban J connectivity index is 1.58. The second-order valence-electron chi connectivity index (χ2n) is 7.34. The van der Waals surface area contributed by atoms with Gasteiger partial charge in [0.05, 0.1) is 15.2 Å². The quantitative estimate of drug-likeness (QED) is 0.920. The fraction of sp³-hybridized carbons (Fsp3) is 0.556. The van der Waals surface area contributed by atoms with Crippen LogP contribution in [-0.4, -0.2) is 40.5 Å². The van der Waals surface area contributed by atoms with Crippen LogP contribution in [0, 0.1) is 12.8 Å². The molecule has 3 aliphatic rings. The van der Waals surface area contributed by atoms with Crippen molar-refractivity contribution in [2.24, 2.45) is 5.92 Å². The summed E-state index contributed by atoms with van der Waals surface area (Å²) in [5.74, 6) is 0.633. The van der Waals surface area contributed by atoms with Crippen LogP contribution in [0.3, 0.4) is 0 Å². The third-order valence-electron chi connectivity index (χ3n) is 5.63. The lowest BCUT2D eigenvalue weighted by Gasteiger charge is -2.56. The monoisotopic (exact) mass is 329 g/mol. The van der Waals surface area contributed by atoms with Crippen LogP contribution in [0.4, 0.5) is 0 Å². The van der Waals surface area contributed by atoms with E-state index in [2.05, 4.69) is 29.0 Å². The summed E-state index contributed by atoms with van der Waals surface area (Å²) in [6, 6.07) is 6.08. The molecule has 1 atom stereocenters. The molecular formula is C18H23N3OS. The minimum absolute atomic E-state index is 0.0318. The number of amides is 1. The Morgan fingerprint density at radius 2 is 2.09 bits per heavy atom. The maximum atomic E-state index is 12.8. The van der Waals surface area contributed by atoms with Gasteiger partial charge in [0.1, 0.15) is 0 Å². The molecule has 1 aromatic carbocycles. The van der Waals surface area contributed by atoms with Crippen LogP contribution in [0.5, 0.6) is 0 Å². The second kappa shape index (κ2) is 5.28. The largest absolute Gasteiger partial charge is 0.347 e. The molecule has 0 saturated carbocycles. The number of fused-ring (bicyclic) bond motifs is 4. The number of thiazole rings is 1. The first-order valence-electron chi connectivity index (χ1n) is 8.38. The van der Waals surface area contributed by atoms with Crippen LogP contribution in [0.25, 0.3) is 10.2 Å². The average Bonchev–Trinajstić information content (AvgIpc) is 2.90. The number of rotatable bonds is 2. The summed E-state index contributed by atoms with van der Waals surface area (Å²) in [5.41, 5.74) is 1.68. The van der Waals surface area contributed by atoms with Crippen molar-refractivity contribution in [1.82, 2.24) is 15.2 Å².